The maximum atomic E-state index is 12.0. The van der Waals surface area contributed by atoms with E-state index in [0.29, 0.717) is 22.2 Å². The fraction of sp³-hybridized carbons (Fsp3) is 0.500. The summed E-state index contributed by atoms with van der Waals surface area (Å²) in [7, 11) is -0.710. The van der Waals surface area contributed by atoms with Crippen LogP contribution in [-0.4, -0.2) is 32.6 Å². The van der Waals surface area contributed by atoms with Crippen LogP contribution < -0.4 is 5.32 Å². The summed E-state index contributed by atoms with van der Waals surface area (Å²) >= 11 is 5.82. The lowest BCUT2D eigenvalue weighted by atomic mass is 10.1. The molecular formula is C12H15ClN2O2S. The highest BCUT2D eigenvalue weighted by Gasteiger charge is 2.20. The minimum absolute atomic E-state index is 0.113. The van der Waals surface area contributed by atoms with Crippen LogP contribution in [0.4, 0.5) is 0 Å². The summed E-state index contributed by atoms with van der Waals surface area (Å²) in [6.45, 7) is 1.80. The molecule has 98 valence electrons. The number of hydrogen-bond acceptors (Lipinski definition) is 3. The Morgan fingerprint density at radius 1 is 1.44 bits per heavy atom. The van der Waals surface area contributed by atoms with E-state index in [0.717, 1.165) is 18.5 Å². The average molecular weight is 287 g/mol. The first-order valence-corrected chi connectivity index (χ1v) is 7.71. The van der Waals surface area contributed by atoms with Crippen LogP contribution in [-0.2, 0) is 10.8 Å². The third-order valence-electron chi connectivity index (χ3n) is 2.91. The number of nitrogens with one attached hydrogen (secondary N) is 1. The van der Waals surface area contributed by atoms with Gasteiger partial charge in [-0.1, -0.05) is 11.6 Å². The summed E-state index contributed by atoms with van der Waals surface area (Å²) in [4.78, 5) is 16.0. The highest BCUT2D eigenvalue weighted by atomic mass is 35.5. The van der Waals surface area contributed by atoms with Crippen LogP contribution in [0.3, 0.4) is 0 Å². The number of rotatable bonds is 2. The predicted octanol–water partition coefficient (Wildman–Crippen LogP) is 1.68. The first-order valence-electron chi connectivity index (χ1n) is 5.84. The molecule has 2 heterocycles. The topological polar surface area (TPSA) is 59.1 Å². The summed E-state index contributed by atoms with van der Waals surface area (Å²) in [5.74, 6) is 1.20. The molecule has 0 atom stereocenters. The molecule has 1 fully saturated rings. The Morgan fingerprint density at radius 3 is 2.72 bits per heavy atom. The Hall–Kier alpha value is -0.940. The van der Waals surface area contributed by atoms with Crippen LogP contribution in [0.2, 0.25) is 5.15 Å². The molecule has 1 N–H and O–H groups in total. The number of pyridine rings is 1. The normalized spacial score (nSPS) is 23.7. The first kappa shape index (κ1) is 13.5. The zero-order valence-electron chi connectivity index (χ0n) is 10.1. The Bertz CT molecular complexity index is 463. The van der Waals surface area contributed by atoms with Crippen LogP contribution in [0.5, 0.6) is 0 Å². The summed E-state index contributed by atoms with van der Waals surface area (Å²) in [5, 5.41) is 3.27. The summed E-state index contributed by atoms with van der Waals surface area (Å²) < 4.78 is 11.2. The van der Waals surface area contributed by atoms with Crippen LogP contribution in [0.1, 0.15) is 28.9 Å². The first-order chi connectivity index (χ1) is 8.54. The van der Waals surface area contributed by atoms with E-state index in [1.807, 2.05) is 0 Å². The van der Waals surface area contributed by atoms with E-state index < -0.39 is 10.8 Å². The zero-order valence-corrected chi connectivity index (χ0v) is 11.7. The zero-order chi connectivity index (χ0) is 13.1. The van der Waals surface area contributed by atoms with E-state index >= 15 is 0 Å². The Balaban J connectivity index is 2.01. The van der Waals surface area contributed by atoms with Gasteiger partial charge in [-0.25, -0.2) is 4.98 Å². The Morgan fingerprint density at radius 2 is 2.11 bits per heavy atom. The lowest BCUT2D eigenvalue weighted by Gasteiger charge is -2.22. The van der Waals surface area contributed by atoms with Crippen molar-refractivity contribution in [3.8, 4) is 0 Å². The van der Waals surface area contributed by atoms with Crippen molar-refractivity contribution in [3.63, 3.8) is 0 Å². The predicted molar refractivity (Wildman–Crippen MR) is 72.3 cm³/mol. The van der Waals surface area contributed by atoms with E-state index in [4.69, 9.17) is 11.6 Å². The van der Waals surface area contributed by atoms with E-state index in [9.17, 15) is 9.00 Å². The fourth-order valence-electron chi connectivity index (χ4n) is 1.97. The van der Waals surface area contributed by atoms with Crippen molar-refractivity contribution in [3.05, 3.63) is 28.5 Å². The molecule has 1 aromatic rings. The number of amides is 1. The molecule has 0 radical (unpaired) electrons. The Kier molecular flexibility index (Phi) is 4.35. The molecule has 1 aliphatic heterocycles. The quantitative estimate of drug-likeness (QED) is 0.842. The standard InChI is InChI=1S/C12H15ClN2O2S/c1-8-6-9(7-11(13)14-8)12(16)15-10-2-4-18(17)5-3-10/h6-7,10H,2-5H2,1H3,(H,15,16). The lowest BCUT2D eigenvalue weighted by Crippen LogP contribution is -2.39. The molecule has 0 saturated carbocycles. The van der Waals surface area contributed by atoms with E-state index in [-0.39, 0.29) is 11.9 Å². The van der Waals surface area contributed by atoms with Crippen molar-refractivity contribution < 1.29 is 9.00 Å². The molecule has 0 aliphatic carbocycles. The van der Waals surface area contributed by atoms with E-state index in [2.05, 4.69) is 10.3 Å². The van der Waals surface area contributed by atoms with Gasteiger partial charge < -0.3 is 5.32 Å². The second kappa shape index (κ2) is 5.80. The van der Waals surface area contributed by atoms with Crippen molar-refractivity contribution >= 4 is 28.3 Å². The van der Waals surface area contributed by atoms with Crippen LogP contribution in [0.15, 0.2) is 12.1 Å². The molecule has 2 rings (SSSR count). The summed E-state index contributed by atoms with van der Waals surface area (Å²) in [6, 6.07) is 3.38. The van der Waals surface area contributed by atoms with Crippen LogP contribution in [0.25, 0.3) is 0 Å². The number of carbonyl (C=O) groups is 1. The minimum Gasteiger partial charge on any atom is -0.349 e. The molecule has 1 amide bonds. The summed E-state index contributed by atoms with van der Waals surface area (Å²) in [5.41, 5.74) is 1.25. The highest BCUT2D eigenvalue weighted by molar-refractivity contribution is 7.85. The lowest BCUT2D eigenvalue weighted by molar-refractivity contribution is 0.0934. The maximum Gasteiger partial charge on any atom is 0.251 e. The van der Waals surface area contributed by atoms with Gasteiger partial charge in [-0.3, -0.25) is 9.00 Å². The second-order valence-electron chi connectivity index (χ2n) is 4.42. The third-order valence-corrected chi connectivity index (χ3v) is 4.48. The number of aromatic nitrogens is 1. The number of carbonyl (C=O) groups excluding carboxylic acids is 1. The van der Waals surface area contributed by atoms with E-state index in [1.54, 1.807) is 19.1 Å². The second-order valence-corrected chi connectivity index (χ2v) is 6.50. The van der Waals surface area contributed by atoms with Gasteiger partial charge in [0.25, 0.3) is 5.91 Å². The molecule has 1 saturated heterocycles. The fourth-order valence-corrected chi connectivity index (χ4v) is 3.52. The van der Waals surface area contributed by atoms with Crippen molar-refractivity contribution in [1.29, 1.82) is 0 Å². The molecule has 4 nitrogen and oxygen atoms in total. The number of nitrogens with zero attached hydrogens (tertiary/aromatic N) is 1. The third kappa shape index (κ3) is 3.53. The number of hydrogen-bond donors (Lipinski definition) is 1. The highest BCUT2D eigenvalue weighted by Crippen LogP contribution is 2.13. The van der Waals surface area contributed by atoms with Gasteiger partial charge in [-0.2, -0.15) is 0 Å². The van der Waals surface area contributed by atoms with E-state index in [1.165, 1.54) is 0 Å². The molecule has 6 heteroatoms. The van der Waals surface area contributed by atoms with Crippen molar-refractivity contribution in [2.24, 2.45) is 0 Å². The number of aryl methyl sites for hydroxylation is 1. The molecule has 1 aliphatic rings. The molecule has 0 bridgehead atoms. The summed E-state index contributed by atoms with van der Waals surface area (Å²) in [6.07, 6.45) is 1.55. The Labute approximate surface area is 114 Å². The molecule has 0 spiro atoms. The largest absolute Gasteiger partial charge is 0.349 e. The van der Waals surface area contributed by atoms with Crippen molar-refractivity contribution in [2.75, 3.05) is 11.5 Å². The van der Waals surface area contributed by atoms with Gasteiger partial charge in [0, 0.05) is 39.6 Å². The molecule has 0 aromatic carbocycles. The molecule has 18 heavy (non-hydrogen) atoms. The monoisotopic (exact) mass is 286 g/mol. The molecular weight excluding hydrogens is 272 g/mol. The SMILES string of the molecule is Cc1cc(C(=O)NC2CCS(=O)CC2)cc(Cl)n1. The average Bonchev–Trinajstić information content (AvgIpc) is 2.31. The van der Waals surface area contributed by atoms with Crippen LogP contribution >= 0.6 is 11.6 Å². The molecule has 0 unspecified atom stereocenters. The number of halogens is 1. The van der Waals surface area contributed by atoms with Gasteiger partial charge in [0.2, 0.25) is 0 Å². The van der Waals surface area contributed by atoms with Crippen molar-refractivity contribution in [1.82, 2.24) is 10.3 Å². The molecule has 1 aromatic heterocycles. The maximum absolute atomic E-state index is 12.0. The van der Waals surface area contributed by atoms with Gasteiger partial charge in [-0.05, 0) is 31.9 Å². The van der Waals surface area contributed by atoms with Gasteiger partial charge in [0.05, 0.1) is 0 Å². The van der Waals surface area contributed by atoms with Gasteiger partial charge in [-0.15, -0.1) is 0 Å². The minimum atomic E-state index is -0.710. The van der Waals surface area contributed by atoms with Crippen LogP contribution in [0, 0.1) is 6.92 Å². The van der Waals surface area contributed by atoms with Crippen molar-refractivity contribution in [2.45, 2.75) is 25.8 Å². The van der Waals surface area contributed by atoms with Gasteiger partial charge >= 0.3 is 0 Å². The van der Waals surface area contributed by atoms with Gasteiger partial charge in [0.1, 0.15) is 5.15 Å². The smallest absolute Gasteiger partial charge is 0.251 e. The van der Waals surface area contributed by atoms with Gasteiger partial charge in [0.15, 0.2) is 0 Å².